The summed E-state index contributed by atoms with van der Waals surface area (Å²) < 4.78 is 39.7. The third-order valence-corrected chi connectivity index (χ3v) is 3.93. The molecule has 3 rings (SSSR count). The standard InChI is InChI=1S/C17H17F3N6/c1-10(14-9-26(3)25-11(14)2)22-16-23-15(8-21-24-16)12-4-6-13(7-5-12)17(18,19)20/h4-10H,1-3H3,(H,22,23,24). The van der Waals surface area contributed by atoms with Crippen molar-refractivity contribution in [1.82, 2.24) is 25.0 Å². The summed E-state index contributed by atoms with van der Waals surface area (Å²) in [5.74, 6) is 0.290. The zero-order valence-electron chi connectivity index (χ0n) is 14.4. The molecular formula is C17H17F3N6. The highest BCUT2D eigenvalue weighted by atomic mass is 19.4. The molecule has 1 N–H and O–H groups in total. The number of aromatic nitrogens is 5. The molecular weight excluding hydrogens is 345 g/mol. The minimum Gasteiger partial charge on any atom is -0.346 e. The summed E-state index contributed by atoms with van der Waals surface area (Å²) in [5.41, 5.74) is 2.14. The molecule has 0 aliphatic carbocycles. The number of hydrogen-bond donors (Lipinski definition) is 1. The number of benzene rings is 1. The van der Waals surface area contributed by atoms with Crippen molar-refractivity contribution in [3.05, 3.63) is 53.5 Å². The molecule has 0 aliphatic heterocycles. The highest BCUT2D eigenvalue weighted by Crippen LogP contribution is 2.30. The number of nitrogens with one attached hydrogen (secondary N) is 1. The lowest BCUT2D eigenvalue weighted by molar-refractivity contribution is -0.137. The first-order chi connectivity index (χ1) is 12.2. The van der Waals surface area contributed by atoms with E-state index in [1.807, 2.05) is 27.1 Å². The molecule has 2 aromatic heterocycles. The van der Waals surface area contributed by atoms with Crippen LogP contribution in [0.2, 0.25) is 0 Å². The van der Waals surface area contributed by atoms with Gasteiger partial charge in [-0.3, -0.25) is 4.68 Å². The smallest absolute Gasteiger partial charge is 0.346 e. The molecule has 1 aromatic carbocycles. The summed E-state index contributed by atoms with van der Waals surface area (Å²) >= 11 is 0. The molecule has 0 bridgehead atoms. The summed E-state index contributed by atoms with van der Waals surface area (Å²) in [5, 5.41) is 15.3. The summed E-state index contributed by atoms with van der Waals surface area (Å²) in [4.78, 5) is 4.34. The second kappa shape index (κ2) is 6.74. The van der Waals surface area contributed by atoms with Gasteiger partial charge in [0.15, 0.2) is 0 Å². The Morgan fingerprint density at radius 3 is 2.42 bits per heavy atom. The van der Waals surface area contributed by atoms with Crippen molar-refractivity contribution < 1.29 is 13.2 Å². The maximum atomic E-state index is 12.7. The zero-order valence-corrected chi connectivity index (χ0v) is 14.4. The Hall–Kier alpha value is -2.97. The zero-order chi connectivity index (χ0) is 18.9. The van der Waals surface area contributed by atoms with Gasteiger partial charge in [0.05, 0.1) is 29.2 Å². The number of alkyl halides is 3. The van der Waals surface area contributed by atoms with Crippen LogP contribution in [0, 0.1) is 6.92 Å². The van der Waals surface area contributed by atoms with Gasteiger partial charge in [-0.05, 0) is 26.0 Å². The van der Waals surface area contributed by atoms with Crippen LogP contribution in [0.5, 0.6) is 0 Å². The highest BCUT2D eigenvalue weighted by molar-refractivity contribution is 5.59. The summed E-state index contributed by atoms with van der Waals surface area (Å²) in [7, 11) is 1.84. The lowest BCUT2D eigenvalue weighted by Crippen LogP contribution is -2.11. The van der Waals surface area contributed by atoms with E-state index >= 15 is 0 Å². The van der Waals surface area contributed by atoms with Gasteiger partial charge in [-0.25, -0.2) is 4.98 Å². The predicted molar refractivity (Wildman–Crippen MR) is 90.2 cm³/mol. The normalized spacial score (nSPS) is 12.8. The fraction of sp³-hybridized carbons (Fsp3) is 0.294. The summed E-state index contributed by atoms with van der Waals surface area (Å²) in [6, 6.07) is 4.67. The molecule has 0 spiro atoms. The van der Waals surface area contributed by atoms with E-state index in [1.165, 1.54) is 18.3 Å². The first-order valence-corrected chi connectivity index (χ1v) is 7.88. The molecule has 0 saturated carbocycles. The van der Waals surface area contributed by atoms with Crippen LogP contribution in [-0.2, 0) is 13.2 Å². The van der Waals surface area contributed by atoms with Gasteiger partial charge >= 0.3 is 6.18 Å². The maximum Gasteiger partial charge on any atom is 0.416 e. The largest absolute Gasteiger partial charge is 0.416 e. The molecule has 136 valence electrons. The van der Waals surface area contributed by atoms with Crippen LogP contribution < -0.4 is 5.32 Å². The Kier molecular flexibility index (Phi) is 4.62. The molecule has 26 heavy (non-hydrogen) atoms. The molecule has 0 fully saturated rings. The highest BCUT2D eigenvalue weighted by Gasteiger charge is 2.30. The summed E-state index contributed by atoms with van der Waals surface area (Å²) in [6.45, 7) is 3.85. The van der Waals surface area contributed by atoms with E-state index in [0.717, 1.165) is 23.4 Å². The molecule has 2 heterocycles. The van der Waals surface area contributed by atoms with Crippen molar-refractivity contribution >= 4 is 5.95 Å². The van der Waals surface area contributed by atoms with E-state index in [0.29, 0.717) is 11.3 Å². The monoisotopic (exact) mass is 362 g/mol. The van der Waals surface area contributed by atoms with Crippen LogP contribution in [0.25, 0.3) is 11.3 Å². The SMILES string of the molecule is Cc1nn(C)cc1C(C)Nc1nncc(-c2ccc(C(F)(F)F)cc2)n1. The number of nitrogens with zero attached hydrogens (tertiary/aromatic N) is 5. The third-order valence-electron chi connectivity index (χ3n) is 3.93. The second-order valence-corrected chi connectivity index (χ2v) is 5.95. The minimum absolute atomic E-state index is 0.103. The van der Waals surface area contributed by atoms with E-state index in [1.54, 1.807) is 4.68 Å². The van der Waals surface area contributed by atoms with E-state index in [-0.39, 0.29) is 12.0 Å². The minimum atomic E-state index is -4.37. The van der Waals surface area contributed by atoms with Crippen LogP contribution in [0.3, 0.4) is 0 Å². The number of hydrogen-bond acceptors (Lipinski definition) is 5. The van der Waals surface area contributed by atoms with Gasteiger partial charge in [-0.1, -0.05) is 12.1 Å². The van der Waals surface area contributed by atoms with E-state index in [4.69, 9.17) is 0 Å². The molecule has 9 heteroatoms. The van der Waals surface area contributed by atoms with Crippen LogP contribution in [0.4, 0.5) is 19.1 Å². The molecule has 0 saturated heterocycles. The van der Waals surface area contributed by atoms with Crippen molar-refractivity contribution in [3.63, 3.8) is 0 Å². The Bertz CT molecular complexity index is 902. The van der Waals surface area contributed by atoms with Crippen molar-refractivity contribution in [1.29, 1.82) is 0 Å². The fourth-order valence-electron chi connectivity index (χ4n) is 2.65. The average molecular weight is 362 g/mol. The lowest BCUT2D eigenvalue weighted by Gasteiger charge is -2.13. The lowest BCUT2D eigenvalue weighted by atomic mass is 10.1. The first kappa shape index (κ1) is 17.8. The average Bonchev–Trinajstić information content (AvgIpc) is 2.93. The molecule has 3 aromatic rings. The van der Waals surface area contributed by atoms with Gasteiger partial charge in [0, 0.05) is 24.4 Å². The second-order valence-electron chi connectivity index (χ2n) is 5.95. The summed E-state index contributed by atoms with van der Waals surface area (Å²) in [6.07, 6.45) is -1.06. The Morgan fingerprint density at radius 2 is 1.85 bits per heavy atom. The molecule has 1 atom stereocenters. The van der Waals surface area contributed by atoms with Crippen LogP contribution in [0.1, 0.15) is 29.8 Å². The number of rotatable bonds is 4. The van der Waals surface area contributed by atoms with Crippen LogP contribution >= 0.6 is 0 Å². The molecule has 6 nitrogen and oxygen atoms in total. The Balaban J connectivity index is 1.81. The van der Waals surface area contributed by atoms with Gasteiger partial charge in [0.25, 0.3) is 0 Å². The van der Waals surface area contributed by atoms with E-state index in [9.17, 15) is 13.2 Å². The molecule has 0 amide bonds. The van der Waals surface area contributed by atoms with E-state index < -0.39 is 11.7 Å². The first-order valence-electron chi connectivity index (χ1n) is 7.88. The third kappa shape index (κ3) is 3.81. The van der Waals surface area contributed by atoms with Crippen LogP contribution in [-0.4, -0.2) is 25.0 Å². The fourth-order valence-corrected chi connectivity index (χ4v) is 2.65. The molecule has 0 radical (unpaired) electrons. The van der Waals surface area contributed by atoms with Gasteiger partial charge in [-0.15, -0.1) is 5.10 Å². The van der Waals surface area contributed by atoms with Gasteiger partial charge < -0.3 is 5.32 Å². The van der Waals surface area contributed by atoms with Crippen LogP contribution in [0.15, 0.2) is 36.7 Å². The maximum absolute atomic E-state index is 12.7. The van der Waals surface area contributed by atoms with Gasteiger partial charge in [0.2, 0.25) is 5.95 Å². The predicted octanol–water partition coefficient (Wildman–Crippen LogP) is 3.77. The Labute approximate surface area is 148 Å². The molecule has 0 aliphatic rings. The topological polar surface area (TPSA) is 68.5 Å². The van der Waals surface area contributed by atoms with Crippen molar-refractivity contribution in [3.8, 4) is 11.3 Å². The number of aryl methyl sites for hydroxylation is 2. The van der Waals surface area contributed by atoms with Crippen molar-refractivity contribution in [2.75, 3.05) is 5.32 Å². The quantitative estimate of drug-likeness (QED) is 0.765. The van der Waals surface area contributed by atoms with Gasteiger partial charge in [-0.2, -0.15) is 23.4 Å². The van der Waals surface area contributed by atoms with Crippen molar-refractivity contribution in [2.24, 2.45) is 7.05 Å². The van der Waals surface area contributed by atoms with Crippen molar-refractivity contribution in [2.45, 2.75) is 26.1 Å². The number of halogens is 3. The Morgan fingerprint density at radius 1 is 1.15 bits per heavy atom. The van der Waals surface area contributed by atoms with E-state index in [2.05, 4.69) is 25.6 Å². The number of anilines is 1. The molecule has 1 unspecified atom stereocenters. The van der Waals surface area contributed by atoms with Gasteiger partial charge in [0.1, 0.15) is 0 Å².